The van der Waals surface area contributed by atoms with Crippen LogP contribution in [0.15, 0.2) is 0 Å². The lowest BCUT2D eigenvalue weighted by molar-refractivity contribution is -0.353. The lowest BCUT2D eigenvalue weighted by atomic mass is 9.55. The highest BCUT2D eigenvalue weighted by molar-refractivity contribution is 5.04. The van der Waals surface area contributed by atoms with Crippen molar-refractivity contribution in [2.45, 2.75) is 77.9 Å². The maximum absolute atomic E-state index is 6.53. The summed E-state index contributed by atoms with van der Waals surface area (Å²) in [5, 5.41) is 0. The quantitative estimate of drug-likeness (QED) is 0.688. The zero-order valence-electron chi connectivity index (χ0n) is 13.6. The van der Waals surface area contributed by atoms with E-state index >= 15 is 0 Å². The van der Waals surface area contributed by atoms with E-state index in [-0.39, 0.29) is 11.2 Å². The zero-order valence-corrected chi connectivity index (χ0v) is 13.6. The lowest BCUT2D eigenvalue weighted by Gasteiger charge is -2.60. The average Bonchev–Trinajstić information content (AvgIpc) is 2.36. The minimum atomic E-state index is -0.284. The molecule has 1 aliphatic heterocycles. The van der Waals surface area contributed by atoms with Crippen LogP contribution in [0.3, 0.4) is 0 Å². The van der Waals surface area contributed by atoms with Crippen LogP contribution in [0.5, 0.6) is 0 Å². The fourth-order valence-corrected chi connectivity index (χ4v) is 5.34. The second-order valence-corrected chi connectivity index (χ2v) is 7.92. The van der Waals surface area contributed by atoms with Crippen molar-refractivity contribution in [1.29, 1.82) is 0 Å². The van der Waals surface area contributed by atoms with Crippen molar-refractivity contribution in [3.8, 4) is 0 Å². The predicted molar refractivity (Wildman–Crippen MR) is 81.5 cm³/mol. The van der Waals surface area contributed by atoms with E-state index in [9.17, 15) is 0 Å². The van der Waals surface area contributed by atoms with E-state index in [1.54, 1.807) is 0 Å². The molecule has 116 valence electrons. The monoisotopic (exact) mass is 280 g/mol. The van der Waals surface area contributed by atoms with Gasteiger partial charge in [-0.1, -0.05) is 20.8 Å². The van der Waals surface area contributed by atoms with Crippen LogP contribution in [0.1, 0.15) is 72.1 Å². The van der Waals surface area contributed by atoms with E-state index in [2.05, 4.69) is 20.8 Å². The highest BCUT2D eigenvalue weighted by atomic mass is 16.7. The van der Waals surface area contributed by atoms with Gasteiger partial charge in [0.1, 0.15) is 0 Å². The first-order valence-electron chi connectivity index (χ1n) is 8.87. The Balaban J connectivity index is 1.92. The predicted octanol–water partition coefficient (Wildman–Crippen LogP) is 4.77. The van der Waals surface area contributed by atoms with E-state index in [0.29, 0.717) is 5.92 Å². The fourth-order valence-electron chi connectivity index (χ4n) is 5.34. The van der Waals surface area contributed by atoms with E-state index in [1.165, 1.54) is 51.4 Å². The molecule has 0 aromatic heterocycles. The Bertz CT molecular complexity index is 330. The number of hydrogen-bond acceptors (Lipinski definition) is 2. The molecule has 20 heavy (non-hydrogen) atoms. The Morgan fingerprint density at radius 2 is 1.70 bits per heavy atom. The molecule has 0 aromatic carbocycles. The number of fused-ring (bicyclic) bond motifs is 3. The van der Waals surface area contributed by atoms with Crippen molar-refractivity contribution in [3.05, 3.63) is 0 Å². The standard InChI is InChI=1S/C18H32O2/c1-4-17(3)13-15-10-14(2)11-16(12-15)18(17)19-8-6-5-7-9-20-18/h14-16H,4-13H2,1-3H3. The molecule has 1 spiro atoms. The summed E-state index contributed by atoms with van der Waals surface area (Å²) in [7, 11) is 0. The SMILES string of the molecule is CCC1(C)CC2CC(C)CC(C2)C12OCCCCCO2. The summed E-state index contributed by atoms with van der Waals surface area (Å²) in [6.07, 6.45) is 10.2. The Morgan fingerprint density at radius 3 is 2.35 bits per heavy atom. The highest BCUT2D eigenvalue weighted by Gasteiger charge is 2.60. The minimum absolute atomic E-state index is 0.206. The Labute approximate surface area is 124 Å². The van der Waals surface area contributed by atoms with Crippen molar-refractivity contribution >= 4 is 0 Å². The first-order chi connectivity index (χ1) is 9.60. The van der Waals surface area contributed by atoms with Crippen LogP contribution in [-0.2, 0) is 9.47 Å². The van der Waals surface area contributed by atoms with Gasteiger partial charge in [-0.05, 0) is 63.2 Å². The van der Waals surface area contributed by atoms with Crippen LogP contribution in [-0.4, -0.2) is 19.0 Å². The van der Waals surface area contributed by atoms with Crippen LogP contribution in [0.2, 0.25) is 0 Å². The molecule has 0 amide bonds. The first-order valence-corrected chi connectivity index (χ1v) is 8.87. The second-order valence-electron chi connectivity index (χ2n) is 7.92. The Morgan fingerprint density at radius 1 is 1.00 bits per heavy atom. The molecule has 2 aliphatic carbocycles. The van der Waals surface area contributed by atoms with Gasteiger partial charge >= 0.3 is 0 Å². The maximum Gasteiger partial charge on any atom is 0.176 e. The summed E-state index contributed by atoms with van der Waals surface area (Å²) in [5.41, 5.74) is 0.206. The van der Waals surface area contributed by atoms with E-state index < -0.39 is 0 Å². The van der Waals surface area contributed by atoms with Crippen molar-refractivity contribution in [1.82, 2.24) is 0 Å². The summed E-state index contributed by atoms with van der Waals surface area (Å²) < 4.78 is 13.1. The Hall–Kier alpha value is -0.0800. The van der Waals surface area contributed by atoms with Gasteiger partial charge in [0, 0.05) is 11.3 Å². The number of ether oxygens (including phenoxy) is 2. The molecule has 1 saturated heterocycles. The largest absolute Gasteiger partial charge is 0.349 e. The molecular formula is C18H32O2. The van der Waals surface area contributed by atoms with Gasteiger partial charge in [-0.15, -0.1) is 0 Å². The van der Waals surface area contributed by atoms with Gasteiger partial charge in [0.15, 0.2) is 5.79 Å². The van der Waals surface area contributed by atoms with Gasteiger partial charge in [0.05, 0.1) is 13.2 Å². The molecule has 2 nitrogen and oxygen atoms in total. The van der Waals surface area contributed by atoms with E-state index in [0.717, 1.165) is 25.0 Å². The first kappa shape index (κ1) is 14.8. The van der Waals surface area contributed by atoms with Crippen molar-refractivity contribution in [2.75, 3.05) is 13.2 Å². The van der Waals surface area contributed by atoms with Crippen molar-refractivity contribution in [3.63, 3.8) is 0 Å². The molecule has 2 heteroatoms. The normalized spacial score (nSPS) is 44.9. The molecular weight excluding hydrogens is 248 g/mol. The van der Waals surface area contributed by atoms with Crippen LogP contribution in [0.25, 0.3) is 0 Å². The summed E-state index contributed by atoms with van der Waals surface area (Å²) >= 11 is 0. The molecule has 0 N–H and O–H groups in total. The number of hydrogen-bond donors (Lipinski definition) is 0. The van der Waals surface area contributed by atoms with Crippen LogP contribution < -0.4 is 0 Å². The highest BCUT2D eigenvalue weighted by Crippen LogP contribution is 2.59. The van der Waals surface area contributed by atoms with Gasteiger partial charge in [0.25, 0.3) is 0 Å². The smallest absolute Gasteiger partial charge is 0.176 e. The fraction of sp³-hybridized carbons (Fsp3) is 1.00. The molecule has 4 atom stereocenters. The third-order valence-electron chi connectivity index (χ3n) is 6.36. The van der Waals surface area contributed by atoms with Gasteiger partial charge in [-0.25, -0.2) is 0 Å². The van der Waals surface area contributed by atoms with Crippen LogP contribution in [0, 0.1) is 23.2 Å². The summed E-state index contributed by atoms with van der Waals surface area (Å²) in [4.78, 5) is 0. The van der Waals surface area contributed by atoms with Gasteiger partial charge in [-0.2, -0.15) is 0 Å². The van der Waals surface area contributed by atoms with Crippen molar-refractivity contribution in [2.24, 2.45) is 23.2 Å². The summed E-state index contributed by atoms with van der Waals surface area (Å²) in [5.74, 6) is 2.08. The van der Waals surface area contributed by atoms with Gasteiger partial charge < -0.3 is 9.47 Å². The van der Waals surface area contributed by atoms with E-state index in [1.807, 2.05) is 0 Å². The van der Waals surface area contributed by atoms with Crippen molar-refractivity contribution < 1.29 is 9.47 Å². The molecule has 2 saturated carbocycles. The Kier molecular flexibility index (Phi) is 4.16. The topological polar surface area (TPSA) is 18.5 Å². The molecule has 0 radical (unpaired) electrons. The molecule has 2 bridgehead atoms. The molecule has 3 fully saturated rings. The molecule has 4 unspecified atom stereocenters. The van der Waals surface area contributed by atoms with Crippen LogP contribution in [0.4, 0.5) is 0 Å². The zero-order chi connectivity index (χ0) is 14.2. The van der Waals surface area contributed by atoms with Gasteiger partial charge in [0.2, 0.25) is 0 Å². The van der Waals surface area contributed by atoms with E-state index in [4.69, 9.17) is 9.47 Å². The average molecular weight is 280 g/mol. The summed E-state index contributed by atoms with van der Waals surface area (Å²) in [6.45, 7) is 8.97. The second kappa shape index (κ2) is 5.61. The third kappa shape index (κ3) is 2.33. The molecule has 1 heterocycles. The number of rotatable bonds is 1. The molecule has 3 aliphatic rings. The van der Waals surface area contributed by atoms with Gasteiger partial charge in [-0.3, -0.25) is 0 Å². The lowest BCUT2D eigenvalue weighted by Crippen LogP contribution is -2.62. The van der Waals surface area contributed by atoms with Crippen LogP contribution >= 0.6 is 0 Å². The third-order valence-corrected chi connectivity index (χ3v) is 6.36. The maximum atomic E-state index is 6.53. The summed E-state index contributed by atoms with van der Waals surface area (Å²) in [6, 6.07) is 0. The molecule has 0 aromatic rings. The minimum Gasteiger partial charge on any atom is -0.349 e. The molecule has 3 rings (SSSR count).